The maximum Gasteiger partial charge on any atom is 0.270 e. The van der Waals surface area contributed by atoms with Crippen molar-refractivity contribution in [3.05, 3.63) is 54.0 Å². The highest BCUT2D eigenvalue weighted by Gasteiger charge is 2.21. The van der Waals surface area contributed by atoms with Crippen molar-refractivity contribution in [1.29, 1.82) is 0 Å². The van der Waals surface area contributed by atoms with Crippen LogP contribution in [0.25, 0.3) is 11.3 Å². The molecule has 1 aromatic carbocycles. The molecular weight excluding hydrogens is 334 g/mol. The summed E-state index contributed by atoms with van der Waals surface area (Å²) in [5.41, 5.74) is 6.72. The lowest BCUT2D eigenvalue weighted by Gasteiger charge is -2.24. The molecule has 1 fully saturated rings. The largest absolute Gasteiger partial charge is 0.387 e. The van der Waals surface area contributed by atoms with Gasteiger partial charge in [-0.3, -0.25) is 4.79 Å². The van der Waals surface area contributed by atoms with E-state index in [0.717, 1.165) is 5.56 Å². The molecule has 2 aromatic heterocycles. The normalized spacial score (nSPS) is 14.8. The smallest absolute Gasteiger partial charge is 0.270 e. The molecule has 0 aliphatic heterocycles. The molecule has 8 nitrogen and oxygen atoms in total. The molecule has 1 amide bonds. The Morgan fingerprint density at radius 3 is 2.58 bits per heavy atom. The average Bonchev–Trinajstić information content (AvgIpc) is 3.24. The maximum absolute atomic E-state index is 10.7. The quantitative estimate of drug-likeness (QED) is 0.742. The van der Waals surface area contributed by atoms with Gasteiger partial charge in [0.05, 0.1) is 18.3 Å². The van der Waals surface area contributed by atoms with E-state index in [1.807, 2.05) is 41.2 Å². The number of aliphatic hydroxyl groups excluding tert-OH is 1. The second-order valence-electron chi connectivity index (χ2n) is 6.19. The van der Waals surface area contributed by atoms with Crippen LogP contribution in [-0.2, 0) is 0 Å². The Balaban J connectivity index is 0.000000152. The van der Waals surface area contributed by atoms with E-state index in [0.29, 0.717) is 17.5 Å². The summed E-state index contributed by atoms with van der Waals surface area (Å²) in [6.07, 6.45) is 5.02. The molecule has 1 aliphatic carbocycles. The van der Waals surface area contributed by atoms with Crippen molar-refractivity contribution in [2.24, 2.45) is 5.73 Å². The average molecular weight is 355 g/mol. The van der Waals surface area contributed by atoms with E-state index in [4.69, 9.17) is 10.3 Å². The van der Waals surface area contributed by atoms with Gasteiger partial charge in [0.1, 0.15) is 5.69 Å². The van der Waals surface area contributed by atoms with Crippen molar-refractivity contribution in [2.75, 3.05) is 0 Å². The Bertz CT molecular complexity index is 853. The minimum Gasteiger partial charge on any atom is -0.387 e. The Kier molecular flexibility index (Phi) is 5.43. The highest BCUT2D eigenvalue weighted by Crippen LogP contribution is 2.30. The van der Waals surface area contributed by atoms with Crippen LogP contribution in [0.4, 0.5) is 0 Å². The van der Waals surface area contributed by atoms with Gasteiger partial charge in [-0.25, -0.2) is 4.68 Å². The number of aliphatic hydroxyl groups is 1. The molecule has 0 radical (unpaired) electrons. The van der Waals surface area contributed by atoms with Gasteiger partial charge in [-0.1, -0.05) is 40.7 Å². The zero-order chi connectivity index (χ0) is 18.5. The first-order valence-electron chi connectivity index (χ1n) is 8.46. The second kappa shape index (κ2) is 7.92. The zero-order valence-electron chi connectivity index (χ0n) is 14.4. The maximum atomic E-state index is 10.7. The molecule has 4 rings (SSSR count). The van der Waals surface area contributed by atoms with Crippen LogP contribution in [0.15, 0.2) is 47.1 Å². The Hall–Kier alpha value is -3.00. The van der Waals surface area contributed by atoms with Crippen LogP contribution >= 0.6 is 0 Å². The number of benzene rings is 1. The summed E-state index contributed by atoms with van der Waals surface area (Å²) in [4.78, 5) is 10.7. The fraction of sp³-hybridized carbons (Fsp3) is 0.333. The summed E-state index contributed by atoms with van der Waals surface area (Å²) in [5.74, 6) is -0.0460. The van der Waals surface area contributed by atoms with E-state index in [9.17, 15) is 9.90 Å². The van der Waals surface area contributed by atoms with Gasteiger partial charge in [-0.15, -0.1) is 5.10 Å². The van der Waals surface area contributed by atoms with Gasteiger partial charge in [-0.05, 0) is 26.2 Å². The number of carbonyl (C=O) groups excluding carboxylic acids is 1. The van der Waals surface area contributed by atoms with Gasteiger partial charge in [0.2, 0.25) is 0 Å². The van der Waals surface area contributed by atoms with Crippen molar-refractivity contribution < 1.29 is 14.4 Å². The standard InChI is InChI=1S/C10H8N2O2.C8H13N3O/c11-10(13)8-6-9(14-12-8)7-4-2-1-3-5-7;1-6(12)8-5-11(10-9-8)7-3-2-4-7/h1-6H,(H2,11,13);5-7,12H,2-4H2,1H3/t;6-/m.1/s1. The molecule has 3 aromatic rings. The van der Waals surface area contributed by atoms with Crippen LogP contribution in [0.3, 0.4) is 0 Å². The Morgan fingerprint density at radius 1 is 1.35 bits per heavy atom. The van der Waals surface area contributed by atoms with E-state index < -0.39 is 12.0 Å². The summed E-state index contributed by atoms with van der Waals surface area (Å²) < 4.78 is 6.83. The van der Waals surface area contributed by atoms with E-state index in [1.54, 1.807) is 6.92 Å². The zero-order valence-corrected chi connectivity index (χ0v) is 14.4. The third-order valence-corrected chi connectivity index (χ3v) is 4.23. The van der Waals surface area contributed by atoms with Crippen LogP contribution in [-0.4, -0.2) is 31.2 Å². The van der Waals surface area contributed by atoms with Crippen molar-refractivity contribution in [2.45, 2.75) is 38.3 Å². The number of rotatable bonds is 4. The summed E-state index contributed by atoms with van der Waals surface area (Å²) >= 11 is 0. The molecule has 1 saturated carbocycles. The summed E-state index contributed by atoms with van der Waals surface area (Å²) in [6.45, 7) is 1.70. The summed E-state index contributed by atoms with van der Waals surface area (Å²) in [6, 6.07) is 11.4. The van der Waals surface area contributed by atoms with Gasteiger partial charge in [0.15, 0.2) is 11.5 Å². The third kappa shape index (κ3) is 4.15. The van der Waals surface area contributed by atoms with Gasteiger partial charge >= 0.3 is 0 Å². The first kappa shape index (κ1) is 17.8. The van der Waals surface area contributed by atoms with E-state index in [-0.39, 0.29) is 5.69 Å². The summed E-state index contributed by atoms with van der Waals surface area (Å²) in [7, 11) is 0. The van der Waals surface area contributed by atoms with Gasteiger partial charge in [0, 0.05) is 11.6 Å². The molecule has 8 heteroatoms. The van der Waals surface area contributed by atoms with Gasteiger partial charge < -0.3 is 15.4 Å². The first-order valence-corrected chi connectivity index (χ1v) is 8.46. The Morgan fingerprint density at radius 2 is 2.08 bits per heavy atom. The van der Waals surface area contributed by atoms with Crippen LogP contribution in [0, 0.1) is 0 Å². The molecule has 2 heterocycles. The molecule has 136 valence electrons. The predicted octanol–water partition coefficient (Wildman–Crippen LogP) is 2.50. The first-order chi connectivity index (χ1) is 12.5. The van der Waals surface area contributed by atoms with Crippen molar-refractivity contribution in [3.8, 4) is 11.3 Å². The predicted molar refractivity (Wildman–Crippen MR) is 94.0 cm³/mol. The lowest BCUT2D eigenvalue weighted by molar-refractivity contribution is 0.0991. The topological polar surface area (TPSA) is 120 Å². The number of hydrogen-bond donors (Lipinski definition) is 2. The fourth-order valence-electron chi connectivity index (χ4n) is 2.44. The minimum atomic E-state index is -0.587. The molecule has 26 heavy (non-hydrogen) atoms. The van der Waals surface area contributed by atoms with Crippen molar-refractivity contribution >= 4 is 5.91 Å². The minimum absolute atomic E-state index is 0.142. The fourth-order valence-corrected chi connectivity index (χ4v) is 2.44. The Labute approximate surface area is 150 Å². The lowest BCUT2D eigenvalue weighted by Crippen LogP contribution is -2.17. The monoisotopic (exact) mass is 355 g/mol. The number of carbonyl (C=O) groups is 1. The van der Waals surface area contributed by atoms with Crippen LogP contribution in [0.2, 0.25) is 0 Å². The van der Waals surface area contributed by atoms with Crippen LogP contribution in [0.5, 0.6) is 0 Å². The van der Waals surface area contributed by atoms with Crippen molar-refractivity contribution in [1.82, 2.24) is 20.2 Å². The second-order valence-corrected chi connectivity index (χ2v) is 6.19. The van der Waals surface area contributed by atoms with E-state index in [2.05, 4.69) is 15.5 Å². The summed E-state index contributed by atoms with van der Waals surface area (Å²) in [5, 5.41) is 20.6. The van der Waals surface area contributed by atoms with E-state index in [1.165, 1.54) is 25.3 Å². The third-order valence-electron chi connectivity index (χ3n) is 4.23. The lowest BCUT2D eigenvalue weighted by atomic mass is 9.93. The number of hydrogen-bond acceptors (Lipinski definition) is 6. The number of primary amides is 1. The number of amides is 1. The molecule has 1 aliphatic rings. The molecular formula is C18H21N5O3. The number of nitrogens with two attached hydrogens (primary N) is 1. The highest BCUT2D eigenvalue weighted by molar-refractivity contribution is 5.91. The molecule has 1 atom stereocenters. The van der Waals surface area contributed by atoms with Gasteiger partial charge in [0.25, 0.3) is 5.91 Å². The molecule has 0 unspecified atom stereocenters. The van der Waals surface area contributed by atoms with Crippen molar-refractivity contribution in [3.63, 3.8) is 0 Å². The molecule has 0 spiro atoms. The molecule has 3 N–H and O–H groups in total. The number of aromatic nitrogens is 4. The van der Waals surface area contributed by atoms with Gasteiger partial charge in [-0.2, -0.15) is 0 Å². The highest BCUT2D eigenvalue weighted by atomic mass is 16.5. The SMILES string of the molecule is C[C@@H](O)c1cn(C2CCC2)nn1.NC(=O)c1cc(-c2ccccc2)on1. The van der Waals surface area contributed by atoms with E-state index >= 15 is 0 Å². The van der Waals surface area contributed by atoms with Crippen LogP contribution in [0.1, 0.15) is 54.5 Å². The molecule has 0 saturated heterocycles. The molecule has 0 bridgehead atoms. The number of nitrogens with zero attached hydrogens (tertiary/aromatic N) is 4. The van der Waals surface area contributed by atoms with Crippen LogP contribution < -0.4 is 5.73 Å².